The van der Waals surface area contributed by atoms with Gasteiger partial charge in [0.25, 0.3) is 0 Å². The van der Waals surface area contributed by atoms with Crippen molar-refractivity contribution >= 4 is 32.2 Å². The molecule has 4 rings (SSSR count). The van der Waals surface area contributed by atoms with E-state index in [1.807, 2.05) is 77.1 Å². The van der Waals surface area contributed by atoms with E-state index in [0.717, 1.165) is 21.9 Å². The van der Waals surface area contributed by atoms with E-state index in [4.69, 9.17) is 4.74 Å². The van der Waals surface area contributed by atoms with Crippen molar-refractivity contribution in [1.82, 2.24) is 0 Å². The Hall–Kier alpha value is -2.79. The third-order valence-corrected chi connectivity index (χ3v) is 6.73. The Morgan fingerprint density at radius 3 is 2.26 bits per heavy atom. The number of ether oxygens (including phenoxy) is 1. The Labute approximate surface area is 187 Å². The predicted octanol–water partition coefficient (Wildman–Crippen LogP) is 6.79. The molecule has 1 aliphatic heterocycles. The Kier molecular flexibility index (Phi) is 8.69. The summed E-state index contributed by atoms with van der Waals surface area (Å²) in [5, 5.41) is 2.28. The van der Waals surface area contributed by atoms with Crippen molar-refractivity contribution in [2.75, 3.05) is 16.6 Å². The summed E-state index contributed by atoms with van der Waals surface area (Å²) in [4.78, 5) is 0. The second-order valence-corrected chi connectivity index (χ2v) is 8.79. The van der Waals surface area contributed by atoms with Gasteiger partial charge in [0.2, 0.25) is 10.0 Å². The number of rotatable bonds is 4. The molecular weight excluding hydrogens is 406 g/mol. The Morgan fingerprint density at radius 2 is 1.61 bits per heavy atom. The van der Waals surface area contributed by atoms with Gasteiger partial charge in [-0.2, -0.15) is 0 Å². The molecule has 0 radical (unpaired) electrons. The molecule has 0 N–H and O–H groups in total. The average Bonchev–Trinajstić information content (AvgIpc) is 3.16. The highest BCUT2D eigenvalue weighted by atomic mass is 32.2. The molecule has 0 spiro atoms. The van der Waals surface area contributed by atoms with Gasteiger partial charge in [-0.3, -0.25) is 4.31 Å². The minimum atomic E-state index is -3.22. The monoisotopic (exact) mass is 439 g/mol. The summed E-state index contributed by atoms with van der Waals surface area (Å²) in [6, 6.07) is 19.7. The number of anilines is 1. The molecule has 0 bridgehead atoms. The summed E-state index contributed by atoms with van der Waals surface area (Å²) in [7, 11) is -3.22. The SMILES string of the molecule is C=C(Oc1cc(N2CCCS2(=O)=O)ccc1C)c1ccc2ccccc2c1.CC.CC. The standard InChI is InChI=1S/C22H21NO3S.2C2H6/c1-16-8-11-21(23-12-5-13-27(23,24)25)15-22(16)26-17(2)19-10-9-18-6-3-4-7-20(18)14-19;2*1-2/h3-4,6-11,14-15H,2,5,12-13H2,1H3;2*1-2H3. The van der Waals surface area contributed by atoms with Gasteiger partial charge in [0.15, 0.2) is 0 Å². The molecule has 0 aliphatic carbocycles. The van der Waals surface area contributed by atoms with Gasteiger partial charge in [0.05, 0.1) is 11.4 Å². The lowest BCUT2D eigenvalue weighted by Crippen LogP contribution is -2.25. The Balaban J connectivity index is 0.000000807. The maximum atomic E-state index is 12.2. The van der Waals surface area contributed by atoms with Crippen molar-refractivity contribution in [3.63, 3.8) is 0 Å². The van der Waals surface area contributed by atoms with Gasteiger partial charge in [0, 0.05) is 18.2 Å². The maximum Gasteiger partial charge on any atom is 0.235 e. The van der Waals surface area contributed by atoms with Crippen molar-refractivity contribution in [3.05, 3.63) is 78.4 Å². The Morgan fingerprint density at radius 1 is 0.935 bits per heavy atom. The van der Waals surface area contributed by atoms with Crippen LogP contribution in [0.3, 0.4) is 0 Å². The van der Waals surface area contributed by atoms with E-state index in [-0.39, 0.29) is 5.75 Å². The molecule has 1 heterocycles. The van der Waals surface area contributed by atoms with Crippen molar-refractivity contribution in [1.29, 1.82) is 0 Å². The van der Waals surface area contributed by atoms with E-state index in [1.54, 1.807) is 6.07 Å². The third-order valence-electron chi connectivity index (χ3n) is 4.86. The van der Waals surface area contributed by atoms with Crippen LogP contribution in [0.4, 0.5) is 5.69 Å². The van der Waals surface area contributed by atoms with E-state index >= 15 is 0 Å². The van der Waals surface area contributed by atoms with E-state index in [9.17, 15) is 8.42 Å². The van der Waals surface area contributed by atoms with Crippen LogP contribution < -0.4 is 9.04 Å². The van der Waals surface area contributed by atoms with Crippen molar-refractivity contribution in [2.24, 2.45) is 0 Å². The molecule has 3 aromatic carbocycles. The summed E-state index contributed by atoms with van der Waals surface area (Å²) < 4.78 is 31.9. The van der Waals surface area contributed by atoms with Crippen LogP contribution in [0.15, 0.2) is 67.2 Å². The molecule has 31 heavy (non-hydrogen) atoms. The number of sulfonamides is 1. The summed E-state index contributed by atoms with van der Waals surface area (Å²) in [5.74, 6) is 1.35. The van der Waals surface area contributed by atoms with Gasteiger partial charge in [-0.25, -0.2) is 8.42 Å². The van der Waals surface area contributed by atoms with Gasteiger partial charge in [-0.15, -0.1) is 0 Å². The van der Waals surface area contributed by atoms with Crippen LogP contribution in [0.2, 0.25) is 0 Å². The van der Waals surface area contributed by atoms with Crippen LogP contribution in [-0.2, 0) is 10.0 Å². The number of hydrogen-bond acceptors (Lipinski definition) is 3. The van der Waals surface area contributed by atoms with Crippen molar-refractivity contribution in [3.8, 4) is 5.75 Å². The van der Waals surface area contributed by atoms with Crippen LogP contribution in [0.1, 0.15) is 45.2 Å². The van der Waals surface area contributed by atoms with Crippen LogP contribution in [0.5, 0.6) is 5.75 Å². The molecule has 1 aliphatic rings. The second-order valence-electron chi connectivity index (χ2n) is 6.78. The molecule has 166 valence electrons. The van der Waals surface area contributed by atoms with Crippen LogP contribution in [0, 0.1) is 6.92 Å². The lowest BCUT2D eigenvalue weighted by Gasteiger charge is -2.19. The first-order valence-corrected chi connectivity index (χ1v) is 12.5. The highest BCUT2D eigenvalue weighted by Gasteiger charge is 2.28. The molecule has 0 unspecified atom stereocenters. The summed E-state index contributed by atoms with van der Waals surface area (Å²) in [6.45, 7) is 14.5. The highest BCUT2D eigenvalue weighted by Crippen LogP contribution is 2.32. The van der Waals surface area contributed by atoms with Gasteiger partial charge >= 0.3 is 0 Å². The predicted molar refractivity (Wildman–Crippen MR) is 133 cm³/mol. The lowest BCUT2D eigenvalue weighted by molar-refractivity contribution is 0.512. The minimum Gasteiger partial charge on any atom is -0.457 e. The fourth-order valence-electron chi connectivity index (χ4n) is 3.34. The van der Waals surface area contributed by atoms with E-state index < -0.39 is 10.0 Å². The van der Waals surface area contributed by atoms with E-state index in [2.05, 4.69) is 18.7 Å². The first-order chi connectivity index (χ1) is 14.9. The smallest absolute Gasteiger partial charge is 0.235 e. The van der Waals surface area contributed by atoms with Gasteiger partial charge in [-0.05, 0) is 41.8 Å². The molecule has 0 aromatic heterocycles. The summed E-state index contributed by atoms with van der Waals surface area (Å²) in [6.07, 6.45) is 0.649. The zero-order chi connectivity index (χ0) is 23.0. The van der Waals surface area contributed by atoms with Gasteiger partial charge in [-0.1, -0.05) is 76.7 Å². The molecule has 4 nitrogen and oxygen atoms in total. The van der Waals surface area contributed by atoms with Crippen LogP contribution in [-0.4, -0.2) is 20.7 Å². The zero-order valence-electron chi connectivity index (χ0n) is 19.2. The maximum absolute atomic E-state index is 12.2. The molecule has 1 fully saturated rings. The number of fused-ring (bicyclic) bond motifs is 1. The second kappa shape index (κ2) is 11.0. The van der Waals surface area contributed by atoms with Gasteiger partial charge < -0.3 is 4.74 Å². The number of benzene rings is 3. The molecule has 0 saturated carbocycles. The van der Waals surface area contributed by atoms with E-state index in [0.29, 0.717) is 30.2 Å². The van der Waals surface area contributed by atoms with Crippen molar-refractivity contribution < 1.29 is 13.2 Å². The topological polar surface area (TPSA) is 46.6 Å². The summed E-state index contributed by atoms with van der Waals surface area (Å²) >= 11 is 0. The van der Waals surface area contributed by atoms with Crippen molar-refractivity contribution in [2.45, 2.75) is 41.0 Å². The molecule has 3 aromatic rings. The first-order valence-electron chi connectivity index (χ1n) is 10.9. The normalized spacial score (nSPS) is 14.2. The number of hydrogen-bond donors (Lipinski definition) is 0. The van der Waals surface area contributed by atoms with E-state index in [1.165, 1.54) is 4.31 Å². The third kappa shape index (κ3) is 5.67. The lowest BCUT2D eigenvalue weighted by atomic mass is 10.1. The number of nitrogens with zero attached hydrogens (tertiary/aromatic N) is 1. The zero-order valence-corrected chi connectivity index (χ0v) is 20.0. The summed E-state index contributed by atoms with van der Waals surface area (Å²) in [5.41, 5.74) is 2.46. The van der Waals surface area contributed by atoms with Crippen LogP contribution in [0.25, 0.3) is 16.5 Å². The largest absolute Gasteiger partial charge is 0.457 e. The minimum absolute atomic E-state index is 0.195. The quantitative estimate of drug-likeness (QED) is 0.420. The fraction of sp³-hybridized carbons (Fsp3) is 0.308. The highest BCUT2D eigenvalue weighted by molar-refractivity contribution is 7.93. The molecule has 5 heteroatoms. The van der Waals surface area contributed by atoms with Gasteiger partial charge in [0.1, 0.15) is 11.5 Å². The molecule has 0 amide bonds. The molecule has 0 atom stereocenters. The average molecular weight is 440 g/mol. The molecule has 1 saturated heterocycles. The first kappa shape index (κ1) is 24.5. The van der Waals surface area contributed by atoms with Crippen LogP contribution >= 0.6 is 0 Å². The molecular formula is C26H33NO3S. The Bertz CT molecular complexity index is 1140. The fourth-order valence-corrected chi connectivity index (χ4v) is 4.89. The number of aryl methyl sites for hydroxylation is 1.